The fourth-order valence-electron chi connectivity index (χ4n) is 3.04. The maximum Gasteiger partial charge on any atom is 0.403 e. The summed E-state index contributed by atoms with van der Waals surface area (Å²) in [5.74, 6) is 0. The largest absolute Gasteiger partial charge is 0.403 e. The van der Waals surface area contributed by atoms with Gasteiger partial charge in [-0.3, -0.25) is 0 Å². The number of piperidine rings is 1. The lowest BCUT2D eigenvalue weighted by atomic mass is 9.72. The summed E-state index contributed by atoms with van der Waals surface area (Å²) >= 11 is 12.1. The number of rotatable bonds is 5. The van der Waals surface area contributed by atoms with E-state index in [2.05, 4.69) is 10.6 Å². The van der Waals surface area contributed by atoms with Gasteiger partial charge in [0.1, 0.15) is 6.04 Å². The molecule has 1 unspecified atom stereocenters. The molecule has 2 rings (SSSR count). The standard InChI is InChI=1S/C16H21Cl2F3N2/c1-11(16(19,20)21)23-8-6-15(5-2-7-22-10-15)12-3-4-13(17)14(18)9-12/h3-4,9,11,22-23H,2,5-8,10H2,1H3/t11?,15-/m1/s1. The topological polar surface area (TPSA) is 24.1 Å². The minimum atomic E-state index is -4.22. The Morgan fingerprint density at radius 3 is 2.61 bits per heavy atom. The Morgan fingerprint density at radius 2 is 2.04 bits per heavy atom. The lowest BCUT2D eigenvalue weighted by Crippen LogP contribution is -2.47. The molecule has 1 aromatic rings. The van der Waals surface area contributed by atoms with Crippen molar-refractivity contribution in [2.24, 2.45) is 0 Å². The van der Waals surface area contributed by atoms with E-state index in [-0.39, 0.29) is 5.41 Å². The van der Waals surface area contributed by atoms with Crippen molar-refractivity contribution in [2.45, 2.75) is 43.8 Å². The number of hydrogen-bond donors (Lipinski definition) is 2. The van der Waals surface area contributed by atoms with E-state index in [0.717, 1.165) is 38.4 Å². The third-order valence-electron chi connectivity index (χ3n) is 4.55. The van der Waals surface area contributed by atoms with Crippen molar-refractivity contribution in [3.05, 3.63) is 33.8 Å². The number of benzene rings is 1. The zero-order valence-electron chi connectivity index (χ0n) is 12.9. The summed E-state index contributed by atoms with van der Waals surface area (Å²) in [5, 5.41) is 6.89. The van der Waals surface area contributed by atoms with Gasteiger partial charge in [-0.1, -0.05) is 29.3 Å². The molecule has 0 aliphatic carbocycles. The summed E-state index contributed by atoms with van der Waals surface area (Å²) < 4.78 is 37.9. The molecular weight excluding hydrogens is 348 g/mol. The smallest absolute Gasteiger partial charge is 0.316 e. The van der Waals surface area contributed by atoms with Crippen LogP contribution in [0.5, 0.6) is 0 Å². The van der Waals surface area contributed by atoms with E-state index >= 15 is 0 Å². The Hall–Kier alpha value is -0.490. The number of halogens is 5. The molecule has 1 aliphatic heterocycles. The Labute approximate surface area is 144 Å². The summed E-state index contributed by atoms with van der Waals surface area (Å²) in [4.78, 5) is 0. The second-order valence-electron chi connectivity index (χ2n) is 6.16. The van der Waals surface area contributed by atoms with Gasteiger partial charge in [0.15, 0.2) is 0 Å². The first-order valence-corrected chi connectivity index (χ1v) is 8.46. The minimum Gasteiger partial charge on any atom is -0.316 e. The van der Waals surface area contributed by atoms with Gasteiger partial charge in [-0.2, -0.15) is 13.2 Å². The maximum atomic E-state index is 12.6. The van der Waals surface area contributed by atoms with Crippen LogP contribution < -0.4 is 10.6 Å². The van der Waals surface area contributed by atoms with Gasteiger partial charge in [0.2, 0.25) is 0 Å². The molecule has 23 heavy (non-hydrogen) atoms. The molecule has 0 aromatic heterocycles. The molecule has 2 atom stereocenters. The van der Waals surface area contributed by atoms with Crippen LogP contribution in [-0.4, -0.2) is 31.9 Å². The molecule has 1 heterocycles. The highest BCUT2D eigenvalue weighted by Crippen LogP contribution is 2.37. The summed E-state index contributed by atoms with van der Waals surface area (Å²) in [6.45, 7) is 3.09. The summed E-state index contributed by atoms with van der Waals surface area (Å²) in [7, 11) is 0. The molecule has 130 valence electrons. The fraction of sp³-hybridized carbons (Fsp3) is 0.625. The summed E-state index contributed by atoms with van der Waals surface area (Å²) in [5.41, 5.74) is 0.811. The van der Waals surface area contributed by atoms with E-state index in [1.54, 1.807) is 6.07 Å². The van der Waals surface area contributed by atoms with Crippen molar-refractivity contribution in [3.63, 3.8) is 0 Å². The minimum absolute atomic E-state index is 0.217. The van der Waals surface area contributed by atoms with Gasteiger partial charge < -0.3 is 10.6 Å². The maximum absolute atomic E-state index is 12.6. The lowest BCUT2D eigenvalue weighted by molar-refractivity contribution is -0.151. The molecule has 1 fully saturated rings. The number of hydrogen-bond acceptors (Lipinski definition) is 2. The van der Waals surface area contributed by atoms with Gasteiger partial charge >= 0.3 is 6.18 Å². The molecule has 1 aromatic carbocycles. The van der Waals surface area contributed by atoms with Gasteiger partial charge in [-0.15, -0.1) is 0 Å². The first-order valence-electron chi connectivity index (χ1n) is 7.71. The quantitative estimate of drug-likeness (QED) is 0.796. The normalized spacial score (nSPS) is 23.7. The molecule has 1 saturated heterocycles. The third kappa shape index (κ3) is 4.75. The molecular formula is C16H21Cl2F3N2. The first kappa shape index (κ1) is 18.8. The second kappa shape index (κ2) is 7.60. The van der Waals surface area contributed by atoms with Crippen LogP contribution in [0.25, 0.3) is 0 Å². The Balaban J connectivity index is 2.11. The molecule has 0 saturated carbocycles. The molecule has 2 N–H and O–H groups in total. The zero-order valence-corrected chi connectivity index (χ0v) is 14.5. The predicted octanol–water partition coefficient (Wildman–Crippen LogP) is 4.55. The Bertz CT molecular complexity index is 529. The highest BCUT2D eigenvalue weighted by Gasteiger charge is 2.37. The highest BCUT2D eigenvalue weighted by molar-refractivity contribution is 6.42. The van der Waals surface area contributed by atoms with Crippen LogP contribution in [0, 0.1) is 0 Å². The molecule has 0 spiro atoms. The SMILES string of the molecule is CC(NCC[C@]1(c2ccc(Cl)c(Cl)c2)CCCNC1)C(F)(F)F. The zero-order chi connectivity index (χ0) is 17.1. The van der Waals surface area contributed by atoms with E-state index in [4.69, 9.17) is 23.2 Å². The molecule has 7 heteroatoms. The lowest BCUT2D eigenvalue weighted by Gasteiger charge is -2.39. The van der Waals surface area contributed by atoms with Crippen molar-refractivity contribution in [3.8, 4) is 0 Å². The van der Waals surface area contributed by atoms with Crippen molar-refractivity contribution < 1.29 is 13.2 Å². The fourth-order valence-corrected chi connectivity index (χ4v) is 3.34. The van der Waals surface area contributed by atoms with Gasteiger partial charge in [0.05, 0.1) is 10.0 Å². The molecule has 0 amide bonds. The van der Waals surface area contributed by atoms with E-state index in [9.17, 15) is 13.2 Å². The van der Waals surface area contributed by atoms with Gasteiger partial charge in [-0.25, -0.2) is 0 Å². The Kier molecular flexibility index (Phi) is 6.22. The highest BCUT2D eigenvalue weighted by atomic mass is 35.5. The van der Waals surface area contributed by atoms with Crippen LogP contribution in [0.4, 0.5) is 13.2 Å². The van der Waals surface area contributed by atoms with Crippen molar-refractivity contribution in [2.75, 3.05) is 19.6 Å². The van der Waals surface area contributed by atoms with E-state index < -0.39 is 12.2 Å². The molecule has 0 bridgehead atoms. The van der Waals surface area contributed by atoms with E-state index in [0.29, 0.717) is 23.0 Å². The summed E-state index contributed by atoms with van der Waals surface area (Å²) in [6.07, 6.45) is -1.71. The molecule has 0 radical (unpaired) electrons. The van der Waals surface area contributed by atoms with Crippen LogP contribution >= 0.6 is 23.2 Å². The molecule has 1 aliphatic rings. The van der Waals surface area contributed by atoms with Crippen molar-refractivity contribution in [1.82, 2.24) is 10.6 Å². The van der Waals surface area contributed by atoms with Gasteiger partial charge in [0, 0.05) is 12.0 Å². The molecule has 2 nitrogen and oxygen atoms in total. The van der Waals surface area contributed by atoms with Crippen LogP contribution in [0.15, 0.2) is 18.2 Å². The third-order valence-corrected chi connectivity index (χ3v) is 5.29. The van der Waals surface area contributed by atoms with Crippen molar-refractivity contribution >= 4 is 23.2 Å². The Morgan fingerprint density at radius 1 is 1.30 bits per heavy atom. The number of nitrogens with one attached hydrogen (secondary N) is 2. The van der Waals surface area contributed by atoms with E-state index in [1.165, 1.54) is 0 Å². The number of alkyl halides is 3. The monoisotopic (exact) mass is 368 g/mol. The van der Waals surface area contributed by atoms with Gasteiger partial charge in [-0.05, 0) is 57.0 Å². The van der Waals surface area contributed by atoms with Crippen molar-refractivity contribution in [1.29, 1.82) is 0 Å². The van der Waals surface area contributed by atoms with E-state index in [1.807, 2.05) is 12.1 Å². The van der Waals surface area contributed by atoms with Gasteiger partial charge in [0.25, 0.3) is 0 Å². The predicted molar refractivity (Wildman–Crippen MR) is 88.4 cm³/mol. The second-order valence-corrected chi connectivity index (χ2v) is 6.97. The average Bonchev–Trinajstić information content (AvgIpc) is 2.50. The van der Waals surface area contributed by atoms with Crippen LogP contribution in [0.2, 0.25) is 10.0 Å². The first-order chi connectivity index (χ1) is 10.7. The van der Waals surface area contributed by atoms with Crippen LogP contribution in [0.3, 0.4) is 0 Å². The summed E-state index contributed by atoms with van der Waals surface area (Å²) in [6, 6.07) is 4.00. The van der Waals surface area contributed by atoms with Crippen LogP contribution in [0.1, 0.15) is 31.7 Å². The average molecular weight is 369 g/mol. The van der Waals surface area contributed by atoms with Crippen LogP contribution in [-0.2, 0) is 5.41 Å².